The summed E-state index contributed by atoms with van der Waals surface area (Å²) in [5, 5.41) is 0.662. The van der Waals surface area contributed by atoms with Crippen LogP contribution in [-0.2, 0) is 17.6 Å². The van der Waals surface area contributed by atoms with E-state index >= 15 is 0 Å². The highest BCUT2D eigenvalue weighted by atomic mass is 35.5. The molecule has 0 N–H and O–H groups in total. The molecule has 2 aromatic rings. The molecule has 1 fully saturated rings. The van der Waals surface area contributed by atoms with E-state index in [1.807, 2.05) is 0 Å². The Hall–Kier alpha value is -1.75. The van der Waals surface area contributed by atoms with Crippen molar-refractivity contribution in [2.24, 2.45) is 0 Å². The van der Waals surface area contributed by atoms with Gasteiger partial charge in [0.05, 0.1) is 11.6 Å². The second-order valence-corrected chi connectivity index (χ2v) is 8.67. The molecule has 1 unspecified atom stereocenters. The molecular formula is C24H31ClN2O2. The fourth-order valence-corrected chi connectivity index (χ4v) is 4.45. The lowest BCUT2D eigenvalue weighted by atomic mass is 10.0. The van der Waals surface area contributed by atoms with Gasteiger partial charge in [-0.2, -0.15) is 0 Å². The molecule has 156 valence electrons. The first-order valence-electron chi connectivity index (χ1n) is 10.7. The molecule has 2 aliphatic heterocycles. The number of anilines is 2. The molecule has 2 aromatic carbocycles. The minimum Gasteiger partial charge on any atom is -0.463 e. The average Bonchev–Trinajstić information content (AvgIpc) is 2.86. The molecule has 4 nitrogen and oxygen atoms in total. The summed E-state index contributed by atoms with van der Waals surface area (Å²) >= 11 is 6.70. The zero-order valence-corrected chi connectivity index (χ0v) is 18.3. The minimum absolute atomic E-state index is 0.182. The third-order valence-corrected chi connectivity index (χ3v) is 6.05. The summed E-state index contributed by atoms with van der Waals surface area (Å²) in [5.41, 5.74) is 5.19. The Bertz CT molecular complexity index is 834. The third kappa shape index (κ3) is 4.88. The number of rotatable bonds is 6. The van der Waals surface area contributed by atoms with E-state index in [0.29, 0.717) is 5.02 Å². The molecule has 5 heteroatoms. The van der Waals surface area contributed by atoms with Crippen molar-refractivity contribution in [1.29, 1.82) is 0 Å². The van der Waals surface area contributed by atoms with E-state index in [0.717, 1.165) is 64.0 Å². The Balaban J connectivity index is 1.64. The third-order valence-electron chi connectivity index (χ3n) is 5.75. The van der Waals surface area contributed by atoms with Crippen LogP contribution in [0.3, 0.4) is 0 Å². The number of hydrogen-bond acceptors (Lipinski definition) is 4. The first kappa shape index (κ1) is 20.5. The van der Waals surface area contributed by atoms with Gasteiger partial charge in [-0.1, -0.05) is 29.8 Å². The predicted octanol–water partition coefficient (Wildman–Crippen LogP) is 5.43. The molecular weight excluding hydrogens is 384 g/mol. The van der Waals surface area contributed by atoms with Crippen molar-refractivity contribution in [2.75, 3.05) is 38.7 Å². The quantitative estimate of drug-likeness (QED) is 0.628. The SMILES string of the molecule is CN(C)CCCN1c2ccccc2CCc2cc(OC3CCCCO3)c(Cl)cc21. The number of halogens is 1. The van der Waals surface area contributed by atoms with E-state index in [1.54, 1.807) is 0 Å². The van der Waals surface area contributed by atoms with Gasteiger partial charge >= 0.3 is 0 Å². The summed E-state index contributed by atoms with van der Waals surface area (Å²) in [6.45, 7) is 2.79. The number of nitrogens with zero attached hydrogens (tertiary/aromatic N) is 2. The van der Waals surface area contributed by atoms with E-state index in [1.165, 1.54) is 22.5 Å². The van der Waals surface area contributed by atoms with Crippen molar-refractivity contribution in [3.05, 3.63) is 52.5 Å². The van der Waals surface area contributed by atoms with Crippen molar-refractivity contribution in [1.82, 2.24) is 4.90 Å². The zero-order chi connectivity index (χ0) is 20.2. The highest BCUT2D eigenvalue weighted by Gasteiger charge is 2.24. The predicted molar refractivity (Wildman–Crippen MR) is 120 cm³/mol. The summed E-state index contributed by atoms with van der Waals surface area (Å²) in [6.07, 6.45) is 6.09. The van der Waals surface area contributed by atoms with Crippen LogP contribution in [0.15, 0.2) is 36.4 Å². The molecule has 29 heavy (non-hydrogen) atoms. The maximum absolute atomic E-state index is 6.70. The first-order chi connectivity index (χ1) is 14.1. The fourth-order valence-electron chi connectivity index (χ4n) is 4.24. The van der Waals surface area contributed by atoms with E-state index in [9.17, 15) is 0 Å². The minimum atomic E-state index is -0.182. The summed E-state index contributed by atoms with van der Waals surface area (Å²) < 4.78 is 11.9. The van der Waals surface area contributed by atoms with Crippen LogP contribution in [0.4, 0.5) is 11.4 Å². The lowest BCUT2D eigenvalue weighted by molar-refractivity contribution is -0.105. The van der Waals surface area contributed by atoms with Crippen LogP contribution in [0, 0.1) is 0 Å². The smallest absolute Gasteiger partial charge is 0.199 e. The molecule has 1 saturated heterocycles. The van der Waals surface area contributed by atoms with Gasteiger partial charge in [-0.05, 0) is 82.1 Å². The highest BCUT2D eigenvalue weighted by molar-refractivity contribution is 6.32. The van der Waals surface area contributed by atoms with E-state index in [4.69, 9.17) is 21.1 Å². The molecule has 0 aliphatic carbocycles. The second-order valence-electron chi connectivity index (χ2n) is 8.26. The molecule has 0 saturated carbocycles. The van der Waals surface area contributed by atoms with Gasteiger partial charge in [0.1, 0.15) is 5.75 Å². The second kappa shape index (κ2) is 9.38. The van der Waals surface area contributed by atoms with Gasteiger partial charge < -0.3 is 19.3 Å². The standard InChI is InChI=1S/C24H31ClN2O2/c1-26(2)13-7-14-27-21-9-4-3-8-18(21)11-12-19-16-23(20(25)17-22(19)27)29-24-10-5-6-15-28-24/h3-4,8-9,16-17,24H,5-7,10-15H2,1-2H3. The Morgan fingerprint density at radius 1 is 1.10 bits per heavy atom. The number of aryl methyl sites for hydroxylation is 2. The summed E-state index contributed by atoms with van der Waals surface area (Å²) in [5.74, 6) is 0.747. The number of ether oxygens (including phenoxy) is 2. The van der Waals surface area contributed by atoms with Gasteiger partial charge in [0.2, 0.25) is 0 Å². The Kier molecular flexibility index (Phi) is 6.63. The number of benzene rings is 2. The van der Waals surface area contributed by atoms with E-state index in [-0.39, 0.29) is 6.29 Å². The van der Waals surface area contributed by atoms with Crippen LogP contribution < -0.4 is 9.64 Å². The topological polar surface area (TPSA) is 24.9 Å². The average molecular weight is 415 g/mol. The van der Waals surface area contributed by atoms with Crippen LogP contribution in [0.5, 0.6) is 5.75 Å². The van der Waals surface area contributed by atoms with Gasteiger partial charge in [0.25, 0.3) is 0 Å². The molecule has 0 radical (unpaired) electrons. The van der Waals surface area contributed by atoms with Gasteiger partial charge in [-0.25, -0.2) is 0 Å². The van der Waals surface area contributed by atoms with Crippen LogP contribution in [0.25, 0.3) is 0 Å². The lowest BCUT2D eigenvalue weighted by Gasteiger charge is -2.29. The molecule has 4 rings (SSSR count). The van der Waals surface area contributed by atoms with Crippen molar-refractivity contribution >= 4 is 23.0 Å². The number of para-hydroxylation sites is 1. The first-order valence-corrected chi connectivity index (χ1v) is 11.1. The summed E-state index contributed by atoms with van der Waals surface area (Å²) in [7, 11) is 4.25. The number of hydrogen-bond donors (Lipinski definition) is 0. The van der Waals surface area contributed by atoms with Gasteiger partial charge in [0.15, 0.2) is 6.29 Å². The normalized spacial score (nSPS) is 18.9. The van der Waals surface area contributed by atoms with Crippen molar-refractivity contribution < 1.29 is 9.47 Å². The largest absolute Gasteiger partial charge is 0.463 e. The summed E-state index contributed by atoms with van der Waals surface area (Å²) in [6, 6.07) is 13.0. The monoisotopic (exact) mass is 414 g/mol. The molecule has 0 spiro atoms. The van der Waals surface area contributed by atoms with Crippen LogP contribution in [0.1, 0.15) is 36.8 Å². The number of fused-ring (bicyclic) bond motifs is 2. The van der Waals surface area contributed by atoms with Gasteiger partial charge in [-0.15, -0.1) is 0 Å². The Morgan fingerprint density at radius 3 is 2.72 bits per heavy atom. The van der Waals surface area contributed by atoms with Gasteiger partial charge in [-0.3, -0.25) is 0 Å². The summed E-state index contributed by atoms with van der Waals surface area (Å²) in [4.78, 5) is 4.67. The van der Waals surface area contributed by atoms with Gasteiger partial charge in [0, 0.05) is 24.3 Å². The maximum Gasteiger partial charge on any atom is 0.199 e. The van der Waals surface area contributed by atoms with Crippen molar-refractivity contribution in [3.63, 3.8) is 0 Å². The fraction of sp³-hybridized carbons (Fsp3) is 0.500. The molecule has 1 atom stereocenters. The lowest BCUT2D eigenvalue weighted by Crippen LogP contribution is -2.25. The highest BCUT2D eigenvalue weighted by Crippen LogP contribution is 2.41. The van der Waals surface area contributed by atoms with Crippen LogP contribution in [0.2, 0.25) is 5.02 Å². The molecule has 2 heterocycles. The van der Waals surface area contributed by atoms with Crippen molar-refractivity contribution in [3.8, 4) is 5.75 Å². The van der Waals surface area contributed by atoms with Crippen molar-refractivity contribution in [2.45, 2.75) is 44.8 Å². The van der Waals surface area contributed by atoms with Crippen LogP contribution >= 0.6 is 11.6 Å². The molecule has 0 bridgehead atoms. The Labute approximate surface area is 179 Å². The van der Waals surface area contributed by atoms with E-state index < -0.39 is 0 Å². The molecule has 0 aromatic heterocycles. The maximum atomic E-state index is 6.70. The van der Waals surface area contributed by atoms with Crippen LogP contribution in [-0.4, -0.2) is 45.0 Å². The zero-order valence-electron chi connectivity index (χ0n) is 17.5. The Morgan fingerprint density at radius 2 is 1.93 bits per heavy atom. The molecule has 0 amide bonds. The van der Waals surface area contributed by atoms with E-state index in [2.05, 4.69) is 60.3 Å². The molecule has 2 aliphatic rings.